The predicted molar refractivity (Wildman–Crippen MR) is 143 cm³/mol. The van der Waals surface area contributed by atoms with Crippen LogP contribution in [0.25, 0.3) is 16.7 Å². The van der Waals surface area contributed by atoms with Crippen LogP contribution in [0.2, 0.25) is 0 Å². The number of benzene rings is 3. The van der Waals surface area contributed by atoms with Gasteiger partial charge in [0, 0.05) is 24.2 Å². The topological polar surface area (TPSA) is 168 Å². The Morgan fingerprint density at radius 2 is 1.50 bits per heavy atom. The van der Waals surface area contributed by atoms with Gasteiger partial charge in [-0.2, -0.15) is 13.2 Å². The Morgan fingerprint density at radius 1 is 0.900 bits per heavy atom. The van der Waals surface area contributed by atoms with Gasteiger partial charge in [-0.25, -0.2) is 18.4 Å². The Bertz CT molecular complexity index is 1570. The fourth-order valence-corrected chi connectivity index (χ4v) is 4.40. The number of nitrogens with zero attached hydrogens (tertiary/aromatic N) is 1. The van der Waals surface area contributed by atoms with Crippen molar-refractivity contribution >= 4 is 33.3 Å². The summed E-state index contributed by atoms with van der Waals surface area (Å²) in [5.41, 5.74) is 10.5. The van der Waals surface area contributed by atoms with Gasteiger partial charge in [-0.3, -0.25) is 10.2 Å². The second-order valence-electron chi connectivity index (χ2n) is 8.68. The minimum atomic E-state index is -5.08. The molecule has 0 saturated carbocycles. The first-order valence-corrected chi connectivity index (χ1v) is 13.2. The first-order chi connectivity index (χ1) is 18.7. The summed E-state index contributed by atoms with van der Waals surface area (Å²) < 4.78 is 54.9. The Labute approximate surface area is 228 Å². The SMILES string of the molecule is N=C(N)c1cccc(C2=CCN(C(=O)c3ccc(-c4cccc(S(N)(=O)=O)c4)cc3)CC2)c1.O=C(O)C(F)(F)F. The molecule has 1 heterocycles. The van der Waals surface area contributed by atoms with Crippen LogP contribution in [-0.2, 0) is 14.8 Å². The van der Waals surface area contributed by atoms with Crippen LogP contribution in [0.4, 0.5) is 13.2 Å². The molecule has 13 heteroatoms. The van der Waals surface area contributed by atoms with Gasteiger partial charge < -0.3 is 15.7 Å². The second-order valence-corrected chi connectivity index (χ2v) is 10.2. The summed E-state index contributed by atoms with van der Waals surface area (Å²) in [7, 11) is -3.78. The normalized spacial score (nSPS) is 13.5. The highest BCUT2D eigenvalue weighted by atomic mass is 32.2. The van der Waals surface area contributed by atoms with Crippen LogP contribution in [0, 0.1) is 5.41 Å². The van der Waals surface area contributed by atoms with Crippen LogP contribution >= 0.6 is 0 Å². The van der Waals surface area contributed by atoms with Gasteiger partial charge in [-0.15, -0.1) is 0 Å². The molecule has 1 aliphatic rings. The first-order valence-electron chi connectivity index (χ1n) is 11.6. The number of nitrogens with two attached hydrogens (primary N) is 2. The van der Waals surface area contributed by atoms with Crippen LogP contribution in [0.15, 0.2) is 83.8 Å². The number of hydrogen-bond donors (Lipinski definition) is 4. The summed E-state index contributed by atoms with van der Waals surface area (Å²) in [6.07, 6.45) is -2.33. The summed E-state index contributed by atoms with van der Waals surface area (Å²) >= 11 is 0. The molecule has 40 heavy (non-hydrogen) atoms. The molecular formula is C27H25F3N4O5S. The number of amides is 1. The number of sulfonamides is 1. The molecule has 0 spiro atoms. The van der Waals surface area contributed by atoms with Crippen molar-refractivity contribution in [3.8, 4) is 11.1 Å². The molecule has 0 aliphatic carbocycles. The predicted octanol–water partition coefficient (Wildman–Crippen LogP) is 3.85. The van der Waals surface area contributed by atoms with E-state index in [1.54, 1.807) is 47.4 Å². The van der Waals surface area contributed by atoms with Crippen molar-refractivity contribution in [3.05, 3.63) is 95.6 Å². The molecule has 0 unspecified atom stereocenters. The molecule has 1 amide bonds. The number of carboxylic acid groups (broad SMARTS) is 1. The van der Waals surface area contributed by atoms with E-state index in [1.165, 1.54) is 12.1 Å². The average molecular weight is 575 g/mol. The largest absolute Gasteiger partial charge is 0.490 e. The molecule has 0 bridgehead atoms. The number of carboxylic acids is 1. The van der Waals surface area contributed by atoms with Gasteiger partial charge in [-0.05, 0) is 59.0 Å². The van der Waals surface area contributed by atoms with Gasteiger partial charge in [0.2, 0.25) is 10.0 Å². The minimum absolute atomic E-state index is 0.0323. The number of nitrogen functional groups attached to an aromatic ring is 1. The van der Waals surface area contributed by atoms with Gasteiger partial charge in [-0.1, -0.05) is 48.5 Å². The lowest BCUT2D eigenvalue weighted by Gasteiger charge is -2.27. The number of hydrogen-bond acceptors (Lipinski definition) is 5. The monoisotopic (exact) mass is 574 g/mol. The zero-order chi connectivity index (χ0) is 29.7. The zero-order valence-electron chi connectivity index (χ0n) is 20.9. The van der Waals surface area contributed by atoms with Crippen molar-refractivity contribution in [1.82, 2.24) is 4.90 Å². The summed E-state index contributed by atoms with van der Waals surface area (Å²) in [4.78, 5) is 23.7. The summed E-state index contributed by atoms with van der Waals surface area (Å²) in [6.45, 7) is 1.09. The average Bonchev–Trinajstić information content (AvgIpc) is 2.92. The molecule has 1 aliphatic heterocycles. The number of carbonyl (C=O) groups is 2. The third kappa shape index (κ3) is 7.77. The molecule has 3 aromatic rings. The lowest BCUT2D eigenvalue weighted by Crippen LogP contribution is -2.34. The van der Waals surface area contributed by atoms with Gasteiger partial charge >= 0.3 is 12.1 Å². The van der Waals surface area contributed by atoms with E-state index in [1.807, 2.05) is 24.3 Å². The summed E-state index contributed by atoms with van der Waals surface area (Å²) in [5, 5.41) is 20.0. The summed E-state index contributed by atoms with van der Waals surface area (Å²) in [6, 6.07) is 21.1. The van der Waals surface area contributed by atoms with Crippen molar-refractivity contribution in [3.63, 3.8) is 0 Å². The van der Waals surface area contributed by atoms with Crippen LogP contribution < -0.4 is 10.9 Å². The van der Waals surface area contributed by atoms with Crippen LogP contribution in [-0.4, -0.2) is 55.4 Å². The van der Waals surface area contributed by atoms with Crippen molar-refractivity contribution in [1.29, 1.82) is 5.41 Å². The van der Waals surface area contributed by atoms with Crippen LogP contribution in [0.3, 0.4) is 0 Å². The molecule has 9 nitrogen and oxygen atoms in total. The van der Waals surface area contributed by atoms with E-state index in [0.29, 0.717) is 36.2 Å². The lowest BCUT2D eigenvalue weighted by atomic mass is 9.97. The molecule has 0 aromatic heterocycles. The fraction of sp³-hybridized carbons (Fsp3) is 0.148. The molecular weight excluding hydrogens is 549 g/mol. The van der Waals surface area contributed by atoms with Gasteiger partial charge in [0.1, 0.15) is 5.84 Å². The number of alkyl halides is 3. The Kier molecular flexibility index (Phi) is 9.12. The summed E-state index contributed by atoms with van der Waals surface area (Å²) in [5.74, 6) is -2.79. The van der Waals surface area contributed by atoms with E-state index in [4.69, 9.17) is 26.2 Å². The Balaban J connectivity index is 0.000000559. The number of amidine groups is 1. The molecule has 4 rings (SSSR count). The number of nitrogens with one attached hydrogen (secondary N) is 1. The van der Waals surface area contributed by atoms with E-state index >= 15 is 0 Å². The number of primary sulfonamides is 1. The molecule has 0 atom stereocenters. The molecule has 0 fully saturated rings. The van der Waals surface area contributed by atoms with E-state index in [-0.39, 0.29) is 16.6 Å². The van der Waals surface area contributed by atoms with Crippen molar-refractivity contribution in [2.75, 3.05) is 13.1 Å². The van der Waals surface area contributed by atoms with Crippen molar-refractivity contribution in [2.45, 2.75) is 17.5 Å². The molecule has 0 saturated heterocycles. The van der Waals surface area contributed by atoms with Crippen molar-refractivity contribution < 1.29 is 36.3 Å². The lowest BCUT2D eigenvalue weighted by molar-refractivity contribution is -0.192. The van der Waals surface area contributed by atoms with Gasteiger partial charge in [0.25, 0.3) is 5.91 Å². The third-order valence-electron chi connectivity index (χ3n) is 5.91. The zero-order valence-corrected chi connectivity index (χ0v) is 21.7. The van der Waals surface area contributed by atoms with Crippen molar-refractivity contribution in [2.24, 2.45) is 10.9 Å². The number of halogens is 3. The highest BCUT2D eigenvalue weighted by Crippen LogP contribution is 2.26. The molecule has 3 aromatic carbocycles. The fourth-order valence-electron chi connectivity index (χ4n) is 3.84. The number of carbonyl (C=O) groups excluding carboxylic acids is 1. The van der Waals surface area contributed by atoms with E-state index in [9.17, 15) is 26.4 Å². The number of rotatable bonds is 5. The highest BCUT2D eigenvalue weighted by Gasteiger charge is 2.38. The van der Waals surface area contributed by atoms with Crippen LogP contribution in [0.1, 0.15) is 27.9 Å². The minimum Gasteiger partial charge on any atom is -0.475 e. The first kappa shape index (κ1) is 30.1. The standard InChI is InChI=1S/C25H24N4O3S.C2HF3O2/c26-24(27)22-5-1-3-20(15-22)18-11-13-29(14-12-18)25(30)19-9-7-17(8-10-19)21-4-2-6-23(16-21)33(28,31)32;3-2(4,5)1(6)7/h1-11,15-16H,12-14H2,(H3,26,27)(H2,28,31,32);(H,6,7). The molecule has 210 valence electrons. The van der Waals surface area contributed by atoms with Gasteiger partial charge in [0.15, 0.2) is 0 Å². The second kappa shape index (κ2) is 12.1. The van der Waals surface area contributed by atoms with Crippen LogP contribution in [0.5, 0.6) is 0 Å². The highest BCUT2D eigenvalue weighted by molar-refractivity contribution is 7.89. The molecule has 0 radical (unpaired) electrons. The van der Waals surface area contributed by atoms with E-state index in [2.05, 4.69) is 0 Å². The van der Waals surface area contributed by atoms with Gasteiger partial charge in [0.05, 0.1) is 4.90 Å². The smallest absolute Gasteiger partial charge is 0.475 e. The van der Waals surface area contributed by atoms with E-state index in [0.717, 1.165) is 16.7 Å². The third-order valence-corrected chi connectivity index (χ3v) is 6.82. The maximum absolute atomic E-state index is 13.0. The van der Waals surface area contributed by atoms with E-state index < -0.39 is 22.2 Å². The quantitative estimate of drug-likeness (QED) is 0.267. The maximum Gasteiger partial charge on any atom is 0.490 e. The number of aliphatic carboxylic acids is 1. The Morgan fingerprint density at radius 3 is 2.02 bits per heavy atom. The Hall–Kier alpha value is -4.49. The maximum atomic E-state index is 13.0. The molecule has 6 N–H and O–H groups in total.